The van der Waals surface area contributed by atoms with Crippen molar-refractivity contribution in [3.63, 3.8) is 0 Å². The molecular formula is C48H66Cl4N4O. The fraction of sp³-hybridized carbons (Fsp3) is 0.500. The predicted molar refractivity (Wildman–Crippen MR) is 248 cm³/mol. The highest BCUT2D eigenvalue weighted by molar-refractivity contribution is 5.86. The van der Waals surface area contributed by atoms with Gasteiger partial charge in [-0.2, -0.15) is 0 Å². The standard InChI is InChI=1S/2C24H30N2.4ClH.H2O/c2*1-19-8-10-21(11-9-19)24-18-22(25-14-4-5-15-25)13-17-26(24)16-12-20-6-2-3-7-23(20)24;;;;;/h2*2-3,6-11,22H,4-5,12-18H2,1H3;4*1H;1H2. The van der Waals surface area contributed by atoms with Crippen LogP contribution in [-0.4, -0.2) is 89.5 Å². The van der Waals surface area contributed by atoms with Crippen LogP contribution < -0.4 is 0 Å². The largest absolute Gasteiger partial charge is 0.412 e. The molecule has 312 valence electrons. The molecule has 0 saturated carbocycles. The lowest BCUT2D eigenvalue weighted by Crippen LogP contribution is -2.59. The molecular weight excluding hydrogens is 790 g/mol. The van der Waals surface area contributed by atoms with E-state index in [2.05, 4.69) is 131 Å². The number of likely N-dealkylation sites (tertiary alicyclic amines) is 2. The average molecular weight is 857 g/mol. The third kappa shape index (κ3) is 8.85. The van der Waals surface area contributed by atoms with Gasteiger partial charge in [0.15, 0.2) is 0 Å². The number of halogens is 4. The van der Waals surface area contributed by atoms with Crippen LogP contribution in [0.25, 0.3) is 0 Å². The Morgan fingerprint density at radius 1 is 0.439 bits per heavy atom. The van der Waals surface area contributed by atoms with Crippen LogP contribution in [0.2, 0.25) is 0 Å². The van der Waals surface area contributed by atoms with E-state index in [1.807, 2.05) is 0 Å². The fourth-order valence-electron chi connectivity index (χ4n) is 11.5. The summed E-state index contributed by atoms with van der Waals surface area (Å²) >= 11 is 0. The van der Waals surface area contributed by atoms with E-state index in [0.717, 1.165) is 12.1 Å². The van der Waals surface area contributed by atoms with Crippen LogP contribution in [0.3, 0.4) is 0 Å². The number of benzene rings is 4. The van der Waals surface area contributed by atoms with Gasteiger partial charge in [-0.15, -0.1) is 49.6 Å². The fourth-order valence-corrected chi connectivity index (χ4v) is 11.5. The van der Waals surface area contributed by atoms with Crippen LogP contribution in [-0.2, 0) is 23.9 Å². The van der Waals surface area contributed by atoms with Crippen molar-refractivity contribution in [1.82, 2.24) is 19.6 Å². The molecule has 4 aromatic carbocycles. The molecule has 0 spiro atoms. The van der Waals surface area contributed by atoms with Gasteiger partial charge in [-0.1, -0.05) is 108 Å². The lowest BCUT2D eigenvalue weighted by atomic mass is 9.69. The van der Waals surface area contributed by atoms with E-state index in [1.54, 1.807) is 22.3 Å². The first kappa shape index (κ1) is 47.5. The molecule has 0 amide bonds. The van der Waals surface area contributed by atoms with Crippen molar-refractivity contribution in [3.05, 3.63) is 142 Å². The molecule has 0 aliphatic carbocycles. The Hall–Kier alpha value is -2.16. The molecule has 4 unspecified atom stereocenters. The second-order valence-corrected chi connectivity index (χ2v) is 17.0. The number of fused-ring (bicyclic) bond motifs is 6. The van der Waals surface area contributed by atoms with Gasteiger partial charge in [0.2, 0.25) is 0 Å². The molecule has 4 saturated heterocycles. The van der Waals surface area contributed by atoms with Crippen molar-refractivity contribution in [2.45, 2.75) is 101 Å². The van der Waals surface area contributed by atoms with E-state index < -0.39 is 0 Å². The zero-order chi connectivity index (χ0) is 35.1. The first-order valence-corrected chi connectivity index (χ1v) is 20.8. The summed E-state index contributed by atoms with van der Waals surface area (Å²) in [6.07, 6.45) is 13.1. The Morgan fingerprint density at radius 3 is 1.16 bits per heavy atom. The SMILES string of the molecule is Cc1ccc(C23CC(N4CCCC4)CCN2CCc2ccccc23)cc1.Cc1ccc(C23CC(N4CCCC4)CCN2CCc2ccccc23)cc1.Cl.Cl.Cl.Cl.O. The van der Waals surface area contributed by atoms with Gasteiger partial charge < -0.3 is 15.3 Å². The maximum Gasteiger partial charge on any atom is 0.0733 e. The molecule has 9 heteroatoms. The van der Waals surface area contributed by atoms with Gasteiger partial charge >= 0.3 is 0 Å². The van der Waals surface area contributed by atoms with E-state index >= 15 is 0 Å². The van der Waals surface area contributed by atoms with Gasteiger partial charge in [0.1, 0.15) is 0 Å². The second-order valence-electron chi connectivity index (χ2n) is 17.0. The third-order valence-corrected chi connectivity index (χ3v) is 14.2. The monoisotopic (exact) mass is 854 g/mol. The Kier molecular flexibility index (Phi) is 17.0. The smallest absolute Gasteiger partial charge is 0.0733 e. The number of piperidine rings is 2. The molecule has 57 heavy (non-hydrogen) atoms. The number of hydrogen-bond donors (Lipinski definition) is 0. The summed E-state index contributed by atoms with van der Waals surface area (Å²) in [4.78, 5) is 11.2. The summed E-state index contributed by atoms with van der Waals surface area (Å²) < 4.78 is 0. The second kappa shape index (κ2) is 20.4. The summed E-state index contributed by atoms with van der Waals surface area (Å²) in [5.41, 5.74) is 12.1. The zero-order valence-corrected chi connectivity index (χ0v) is 37.3. The van der Waals surface area contributed by atoms with Gasteiger partial charge in [0, 0.05) is 38.3 Å². The van der Waals surface area contributed by atoms with Crippen LogP contribution in [0.1, 0.15) is 95.9 Å². The lowest BCUT2D eigenvalue weighted by Gasteiger charge is -2.55. The molecule has 4 atom stereocenters. The van der Waals surface area contributed by atoms with Crippen LogP contribution in [0.4, 0.5) is 0 Å². The van der Waals surface area contributed by atoms with Crippen molar-refractivity contribution in [2.75, 3.05) is 52.4 Å². The molecule has 0 aromatic heterocycles. The summed E-state index contributed by atoms with van der Waals surface area (Å²) in [5, 5.41) is 0. The molecule has 10 rings (SSSR count). The average Bonchev–Trinajstić information content (AvgIpc) is 3.94. The highest BCUT2D eigenvalue weighted by atomic mass is 35.5. The van der Waals surface area contributed by atoms with Crippen molar-refractivity contribution in [2.24, 2.45) is 0 Å². The molecule has 5 nitrogen and oxygen atoms in total. The Bertz CT molecular complexity index is 1710. The Morgan fingerprint density at radius 2 is 0.789 bits per heavy atom. The van der Waals surface area contributed by atoms with Gasteiger partial charge in [0.05, 0.1) is 11.1 Å². The molecule has 2 N–H and O–H groups in total. The molecule has 6 heterocycles. The number of hydrogen-bond acceptors (Lipinski definition) is 4. The van der Waals surface area contributed by atoms with Gasteiger partial charge in [0.25, 0.3) is 0 Å². The van der Waals surface area contributed by atoms with Crippen LogP contribution in [0, 0.1) is 13.8 Å². The van der Waals surface area contributed by atoms with Crippen LogP contribution in [0.5, 0.6) is 0 Å². The summed E-state index contributed by atoms with van der Waals surface area (Å²) in [5.74, 6) is 0. The number of aryl methyl sites for hydroxylation is 2. The topological polar surface area (TPSA) is 44.5 Å². The normalized spacial score (nSPS) is 26.8. The minimum Gasteiger partial charge on any atom is -0.412 e. The summed E-state index contributed by atoms with van der Waals surface area (Å²) in [7, 11) is 0. The Labute approximate surface area is 367 Å². The summed E-state index contributed by atoms with van der Waals surface area (Å²) in [6.45, 7) is 14.4. The van der Waals surface area contributed by atoms with Gasteiger partial charge in [-0.3, -0.25) is 9.80 Å². The first-order valence-electron chi connectivity index (χ1n) is 20.8. The lowest BCUT2D eigenvalue weighted by molar-refractivity contribution is 0.0174. The molecule has 6 aliphatic rings. The maximum absolute atomic E-state index is 2.80. The highest BCUT2D eigenvalue weighted by Crippen LogP contribution is 2.50. The molecule has 4 aromatic rings. The van der Waals surface area contributed by atoms with Crippen molar-refractivity contribution >= 4 is 49.6 Å². The van der Waals surface area contributed by atoms with Crippen molar-refractivity contribution in [1.29, 1.82) is 0 Å². The Balaban J connectivity index is 0.000000232. The van der Waals surface area contributed by atoms with E-state index in [-0.39, 0.29) is 66.2 Å². The summed E-state index contributed by atoms with van der Waals surface area (Å²) in [6, 6.07) is 38.7. The van der Waals surface area contributed by atoms with E-state index in [0.29, 0.717) is 0 Å². The highest BCUT2D eigenvalue weighted by Gasteiger charge is 2.50. The van der Waals surface area contributed by atoms with E-state index in [9.17, 15) is 0 Å². The zero-order valence-electron chi connectivity index (χ0n) is 34.0. The molecule has 6 aliphatic heterocycles. The van der Waals surface area contributed by atoms with Gasteiger partial charge in [-0.25, -0.2) is 0 Å². The molecule has 0 radical (unpaired) electrons. The molecule has 0 bridgehead atoms. The minimum absolute atomic E-state index is 0. The number of nitrogens with zero attached hydrogens (tertiary/aromatic N) is 4. The van der Waals surface area contributed by atoms with Crippen LogP contribution in [0.15, 0.2) is 97.1 Å². The van der Waals surface area contributed by atoms with E-state index in [4.69, 9.17) is 0 Å². The quantitative estimate of drug-likeness (QED) is 0.205. The molecule has 4 fully saturated rings. The van der Waals surface area contributed by atoms with E-state index in [1.165, 1.54) is 139 Å². The van der Waals surface area contributed by atoms with Gasteiger partial charge in [-0.05, 0) is 138 Å². The van der Waals surface area contributed by atoms with Crippen molar-refractivity contribution < 1.29 is 5.48 Å². The van der Waals surface area contributed by atoms with Crippen LogP contribution >= 0.6 is 49.6 Å². The first-order chi connectivity index (χ1) is 25.5. The predicted octanol–water partition coefficient (Wildman–Crippen LogP) is 9.57. The third-order valence-electron chi connectivity index (χ3n) is 14.2. The maximum atomic E-state index is 2.80. The van der Waals surface area contributed by atoms with Crippen molar-refractivity contribution in [3.8, 4) is 0 Å². The number of rotatable bonds is 4. The minimum atomic E-state index is 0.